The minimum atomic E-state index is -0.197. The highest BCUT2D eigenvalue weighted by molar-refractivity contribution is 7.10. The Labute approximate surface area is 195 Å². The van der Waals surface area contributed by atoms with Gasteiger partial charge in [-0.15, -0.1) is 11.3 Å². The zero-order valence-corrected chi connectivity index (χ0v) is 20.5. The Morgan fingerprint density at radius 1 is 1.16 bits per heavy atom. The van der Waals surface area contributed by atoms with E-state index in [2.05, 4.69) is 25.3 Å². The van der Waals surface area contributed by atoms with Crippen molar-refractivity contribution in [3.05, 3.63) is 46.2 Å². The summed E-state index contributed by atoms with van der Waals surface area (Å²) in [5.41, 5.74) is 1.13. The number of fused-ring (bicyclic) bond motifs is 1. The number of rotatable bonds is 9. The Bertz CT molecular complexity index is 924. The zero-order valence-electron chi connectivity index (χ0n) is 19.7. The first-order chi connectivity index (χ1) is 15.3. The molecule has 174 valence electrons. The molecule has 1 aliphatic rings. The highest BCUT2D eigenvalue weighted by Crippen LogP contribution is 2.35. The molecule has 0 aliphatic carbocycles. The van der Waals surface area contributed by atoms with E-state index in [-0.39, 0.29) is 30.3 Å². The monoisotopic (exact) mass is 458 g/mol. The minimum Gasteiger partial charge on any atom is -0.493 e. The van der Waals surface area contributed by atoms with Crippen LogP contribution in [0.1, 0.15) is 44.2 Å². The van der Waals surface area contributed by atoms with Gasteiger partial charge in [-0.3, -0.25) is 9.59 Å². The van der Waals surface area contributed by atoms with Crippen LogP contribution >= 0.6 is 11.3 Å². The van der Waals surface area contributed by atoms with Crippen LogP contribution in [0, 0.1) is 11.8 Å². The molecule has 0 radical (unpaired) electrons. The molecule has 0 N–H and O–H groups in total. The van der Waals surface area contributed by atoms with Crippen molar-refractivity contribution < 1.29 is 19.1 Å². The third kappa shape index (κ3) is 5.63. The molecule has 0 spiro atoms. The first-order valence-corrected chi connectivity index (χ1v) is 12.1. The summed E-state index contributed by atoms with van der Waals surface area (Å²) in [4.78, 5) is 31.1. The summed E-state index contributed by atoms with van der Waals surface area (Å²) in [5.74, 6) is 1.45. The summed E-state index contributed by atoms with van der Waals surface area (Å²) in [6, 6.07) is 9.41. The van der Waals surface area contributed by atoms with Gasteiger partial charge in [-0.05, 0) is 41.5 Å². The summed E-state index contributed by atoms with van der Waals surface area (Å²) in [6.07, 6.45) is 0.826. The van der Waals surface area contributed by atoms with Crippen molar-refractivity contribution in [3.63, 3.8) is 0 Å². The van der Waals surface area contributed by atoms with Gasteiger partial charge in [-0.25, -0.2) is 0 Å². The number of hydrogen-bond acceptors (Lipinski definition) is 5. The molecule has 1 aliphatic heterocycles. The molecule has 32 heavy (non-hydrogen) atoms. The van der Waals surface area contributed by atoms with Gasteiger partial charge in [0.05, 0.1) is 19.7 Å². The fraction of sp³-hybridized carbons (Fsp3) is 0.520. The van der Waals surface area contributed by atoms with Gasteiger partial charge >= 0.3 is 0 Å². The average Bonchev–Trinajstić information content (AvgIpc) is 3.25. The van der Waals surface area contributed by atoms with Gasteiger partial charge in [0, 0.05) is 23.9 Å². The predicted octanol–water partition coefficient (Wildman–Crippen LogP) is 4.40. The summed E-state index contributed by atoms with van der Waals surface area (Å²) in [5, 5.41) is 2.07. The molecule has 2 heterocycles. The van der Waals surface area contributed by atoms with Crippen LogP contribution in [-0.4, -0.2) is 55.0 Å². The van der Waals surface area contributed by atoms with Gasteiger partial charge in [-0.1, -0.05) is 39.8 Å². The molecule has 0 saturated carbocycles. The third-order valence-electron chi connectivity index (χ3n) is 5.60. The maximum absolute atomic E-state index is 13.4. The molecular weight excluding hydrogens is 424 g/mol. The van der Waals surface area contributed by atoms with E-state index in [1.165, 1.54) is 4.88 Å². The molecule has 2 aromatic rings. The standard InChI is InChI=1S/C25H34N2O4S/c1-17(2)14-26(25(29)18(3)4)15-24(28)27-12-10-23-19(11-13-32-23)20(27)16-31-22-9-7-6-8-21(22)30-5/h6-9,11,13,17-18,20H,10,12,14-16H2,1-5H3/t20-/m0/s1. The van der Waals surface area contributed by atoms with Gasteiger partial charge in [0.25, 0.3) is 0 Å². The number of ether oxygens (including phenoxy) is 2. The van der Waals surface area contributed by atoms with Crippen molar-refractivity contribution in [3.8, 4) is 11.5 Å². The van der Waals surface area contributed by atoms with Gasteiger partial charge in [0.2, 0.25) is 11.8 Å². The normalized spacial score (nSPS) is 15.6. The SMILES string of the molecule is COc1ccccc1OC[C@H]1c2ccsc2CCN1C(=O)CN(CC(C)C)C(=O)C(C)C. The number of thiophene rings is 1. The fourth-order valence-corrected chi connectivity index (χ4v) is 5.00. The highest BCUT2D eigenvalue weighted by atomic mass is 32.1. The Morgan fingerprint density at radius 2 is 1.88 bits per heavy atom. The van der Waals surface area contributed by atoms with Crippen LogP contribution in [0.4, 0.5) is 0 Å². The Kier molecular flexibility index (Phi) is 8.18. The second-order valence-corrected chi connectivity index (χ2v) is 9.88. The molecule has 6 nitrogen and oxygen atoms in total. The number of nitrogens with zero attached hydrogens (tertiary/aromatic N) is 2. The lowest BCUT2D eigenvalue weighted by atomic mass is 10.00. The molecule has 3 rings (SSSR count). The van der Waals surface area contributed by atoms with E-state index in [0.29, 0.717) is 37.1 Å². The number of benzene rings is 1. The number of para-hydroxylation sites is 2. The van der Waals surface area contributed by atoms with E-state index < -0.39 is 0 Å². The van der Waals surface area contributed by atoms with Crippen LogP contribution in [0.15, 0.2) is 35.7 Å². The number of carbonyl (C=O) groups excluding carboxylic acids is 2. The molecular formula is C25H34N2O4S. The molecule has 1 atom stereocenters. The van der Waals surface area contributed by atoms with Crippen molar-refractivity contribution in [2.24, 2.45) is 11.8 Å². The Hall–Kier alpha value is -2.54. The number of hydrogen-bond donors (Lipinski definition) is 0. The largest absolute Gasteiger partial charge is 0.493 e. The topological polar surface area (TPSA) is 59.1 Å². The molecule has 7 heteroatoms. The van der Waals surface area contributed by atoms with Crippen molar-refractivity contribution in [1.82, 2.24) is 9.80 Å². The molecule has 0 bridgehead atoms. The van der Waals surface area contributed by atoms with E-state index in [0.717, 1.165) is 12.0 Å². The first kappa shape index (κ1) is 24.1. The van der Waals surface area contributed by atoms with Crippen molar-refractivity contribution in [1.29, 1.82) is 0 Å². The van der Waals surface area contributed by atoms with Crippen molar-refractivity contribution in [2.45, 2.75) is 40.2 Å². The van der Waals surface area contributed by atoms with Crippen LogP contribution in [0.5, 0.6) is 11.5 Å². The van der Waals surface area contributed by atoms with E-state index in [9.17, 15) is 9.59 Å². The first-order valence-electron chi connectivity index (χ1n) is 11.2. The highest BCUT2D eigenvalue weighted by Gasteiger charge is 2.34. The van der Waals surface area contributed by atoms with Gasteiger partial charge in [-0.2, -0.15) is 0 Å². The summed E-state index contributed by atoms with van der Waals surface area (Å²) < 4.78 is 11.5. The smallest absolute Gasteiger partial charge is 0.242 e. The maximum Gasteiger partial charge on any atom is 0.242 e. The number of amides is 2. The van der Waals surface area contributed by atoms with Crippen LogP contribution in [-0.2, 0) is 16.0 Å². The van der Waals surface area contributed by atoms with Gasteiger partial charge in [0.15, 0.2) is 11.5 Å². The predicted molar refractivity (Wildman–Crippen MR) is 127 cm³/mol. The Morgan fingerprint density at radius 3 is 2.53 bits per heavy atom. The zero-order chi connectivity index (χ0) is 23.3. The Balaban J connectivity index is 1.80. The van der Waals surface area contributed by atoms with Crippen LogP contribution in [0.25, 0.3) is 0 Å². The number of methoxy groups -OCH3 is 1. The maximum atomic E-state index is 13.4. The fourth-order valence-electron chi connectivity index (χ4n) is 4.07. The molecule has 1 aromatic heterocycles. The van der Waals surface area contributed by atoms with Gasteiger partial charge < -0.3 is 19.3 Å². The van der Waals surface area contributed by atoms with E-state index >= 15 is 0 Å². The molecule has 2 amide bonds. The second kappa shape index (κ2) is 10.9. The van der Waals surface area contributed by atoms with Crippen molar-refractivity contribution in [2.75, 3.05) is 33.4 Å². The summed E-state index contributed by atoms with van der Waals surface area (Å²) in [7, 11) is 1.62. The second-order valence-electron chi connectivity index (χ2n) is 8.88. The molecule has 0 saturated heterocycles. The summed E-state index contributed by atoms with van der Waals surface area (Å²) in [6.45, 7) is 9.50. The van der Waals surface area contributed by atoms with Crippen LogP contribution < -0.4 is 9.47 Å². The third-order valence-corrected chi connectivity index (χ3v) is 6.59. The van der Waals surface area contributed by atoms with E-state index in [1.807, 2.05) is 43.0 Å². The number of carbonyl (C=O) groups is 2. The van der Waals surface area contributed by atoms with E-state index in [1.54, 1.807) is 23.3 Å². The molecule has 1 aromatic carbocycles. The van der Waals surface area contributed by atoms with Crippen molar-refractivity contribution >= 4 is 23.2 Å². The summed E-state index contributed by atoms with van der Waals surface area (Å²) >= 11 is 1.72. The quantitative estimate of drug-likeness (QED) is 0.559. The minimum absolute atomic E-state index is 0.0158. The van der Waals surface area contributed by atoms with Crippen LogP contribution in [0.2, 0.25) is 0 Å². The lowest BCUT2D eigenvalue weighted by Crippen LogP contribution is -2.49. The lowest BCUT2D eigenvalue weighted by molar-refractivity contribution is -0.144. The van der Waals surface area contributed by atoms with Crippen LogP contribution in [0.3, 0.4) is 0 Å². The van der Waals surface area contributed by atoms with E-state index in [4.69, 9.17) is 9.47 Å². The average molecular weight is 459 g/mol. The molecule has 0 fully saturated rings. The lowest BCUT2D eigenvalue weighted by Gasteiger charge is -2.37. The van der Waals surface area contributed by atoms with Gasteiger partial charge in [0.1, 0.15) is 6.61 Å². The molecule has 0 unspecified atom stereocenters.